The van der Waals surface area contributed by atoms with Crippen molar-refractivity contribution in [1.82, 2.24) is 19.5 Å². The fraction of sp³-hybridized carbons (Fsp3) is 0.167. The molecule has 0 saturated heterocycles. The van der Waals surface area contributed by atoms with Gasteiger partial charge in [0.1, 0.15) is 0 Å². The van der Waals surface area contributed by atoms with Gasteiger partial charge in [0.05, 0.1) is 10.2 Å². The van der Waals surface area contributed by atoms with E-state index in [-0.39, 0.29) is 5.91 Å². The first kappa shape index (κ1) is 16.1. The number of aromatic nitrogens is 3. The van der Waals surface area contributed by atoms with Gasteiger partial charge >= 0.3 is 0 Å². The number of carbonyl (C=O) groups is 1. The number of para-hydroxylation sites is 1. The normalized spacial score (nSPS) is 11.3. The van der Waals surface area contributed by atoms with Crippen molar-refractivity contribution in [3.05, 3.63) is 59.7 Å². The number of rotatable bonds is 4. The van der Waals surface area contributed by atoms with Crippen LogP contribution < -0.4 is 0 Å². The van der Waals surface area contributed by atoms with E-state index in [1.54, 1.807) is 42.1 Å². The van der Waals surface area contributed by atoms with E-state index in [0.717, 1.165) is 27.0 Å². The lowest BCUT2D eigenvalue weighted by Gasteiger charge is -2.10. The van der Waals surface area contributed by atoms with E-state index in [9.17, 15) is 4.79 Å². The largest absolute Gasteiger partial charge is 0.345 e. The summed E-state index contributed by atoms with van der Waals surface area (Å²) in [6.45, 7) is 0. The number of carbonyl (C=O) groups excluding carboxylic acids is 1. The first-order valence-corrected chi connectivity index (χ1v) is 9.60. The highest BCUT2D eigenvalue weighted by molar-refractivity contribution is 7.98. The Labute approximate surface area is 153 Å². The van der Waals surface area contributed by atoms with Gasteiger partial charge in [0, 0.05) is 25.4 Å². The maximum absolute atomic E-state index is 11.9. The monoisotopic (exact) mass is 368 g/mol. The predicted molar refractivity (Wildman–Crippen MR) is 102 cm³/mol. The van der Waals surface area contributed by atoms with Gasteiger partial charge in [0.2, 0.25) is 4.96 Å². The topological polar surface area (TPSA) is 50.5 Å². The van der Waals surface area contributed by atoms with E-state index >= 15 is 0 Å². The lowest BCUT2D eigenvalue weighted by atomic mass is 10.1. The summed E-state index contributed by atoms with van der Waals surface area (Å²) in [5, 5.41) is 9.49. The number of nitrogens with zero attached hydrogens (tertiary/aromatic N) is 4. The van der Waals surface area contributed by atoms with Crippen LogP contribution in [0.2, 0.25) is 0 Å². The number of hydrogen-bond acceptors (Lipinski definition) is 5. The number of hydrogen-bond donors (Lipinski definition) is 0. The van der Waals surface area contributed by atoms with Crippen LogP contribution in [-0.2, 0) is 5.75 Å². The molecule has 2 aromatic carbocycles. The maximum atomic E-state index is 11.9. The first-order valence-electron chi connectivity index (χ1n) is 7.79. The molecule has 0 aliphatic heterocycles. The van der Waals surface area contributed by atoms with Gasteiger partial charge < -0.3 is 4.90 Å². The van der Waals surface area contributed by atoms with Gasteiger partial charge in [-0.1, -0.05) is 47.4 Å². The molecule has 0 atom stereocenters. The van der Waals surface area contributed by atoms with Gasteiger partial charge in [-0.3, -0.25) is 9.20 Å². The molecule has 1 amide bonds. The molecule has 4 rings (SSSR count). The Kier molecular flexibility index (Phi) is 4.19. The summed E-state index contributed by atoms with van der Waals surface area (Å²) in [7, 11) is 3.52. The number of thioether (sulfide) groups is 1. The van der Waals surface area contributed by atoms with Crippen LogP contribution in [0.5, 0.6) is 0 Å². The zero-order valence-electron chi connectivity index (χ0n) is 13.8. The minimum Gasteiger partial charge on any atom is -0.345 e. The van der Waals surface area contributed by atoms with Crippen molar-refractivity contribution in [2.24, 2.45) is 0 Å². The molecule has 0 spiro atoms. The minimum absolute atomic E-state index is 0.0168. The molecule has 25 heavy (non-hydrogen) atoms. The third kappa shape index (κ3) is 3.01. The summed E-state index contributed by atoms with van der Waals surface area (Å²) < 4.78 is 3.31. The molecule has 0 fully saturated rings. The molecule has 0 N–H and O–H groups in total. The van der Waals surface area contributed by atoms with E-state index in [0.29, 0.717) is 5.56 Å². The molecule has 5 nitrogen and oxygen atoms in total. The van der Waals surface area contributed by atoms with Crippen molar-refractivity contribution in [3.8, 4) is 0 Å². The van der Waals surface area contributed by atoms with Gasteiger partial charge in [-0.2, -0.15) is 0 Å². The highest BCUT2D eigenvalue weighted by Crippen LogP contribution is 2.30. The lowest BCUT2D eigenvalue weighted by molar-refractivity contribution is 0.0827. The Balaban J connectivity index is 1.55. The smallest absolute Gasteiger partial charge is 0.253 e. The van der Waals surface area contributed by atoms with Crippen molar-refractivity contribution in [3.63, 3.8) is 0 Å². The first-order chi connectivity index (χ1) is 12.1. The summed E-state index contributed by atoms with van der Waals surface area (Å²) in [5.74, 6) is 0.796. The van der Waals surface area contributed by atoms with E-state index in [1.165, 1.54) is 4.70 Å². The van der Waals surface area contributed by atoms with Crippen molar-refractivity contribution in [2.75, 3.05) is 14.1 Å². The summed E-state index contributed by atoms with van der Waals surface area (Å²) in [6, 6.07) is 16.0. The van der Waals surface area contributed by atoms with E-state index in [2.05, 4.69) is 26.7 Å². The molecule has 2 heterocycles. The van der Waals surface area contributed by atoms with Crippen LogP contribution in [0.1, 0.15) is 15.9 Å². The summed E-state index contributed by atoms with van der Waals surface area (Å²) in [4.78, 5) is 14.4. The number of benzene rings is 2. The molecular weight excluding hydrogens is 352 g/mol. The van der Waals surface area contributed by atoms with E-state index < -0.39 is 0 Å². The molecule has 4 aromatic rings. The molecule has 0 radical (unpaired) electrons. The second-order valence-electron chi connectivity index (χ2n) is 5.86. The molecule has 0 aliphatic carbocycles. The Morgan fingerprint density at radius 2 is 1.88 bits per heavy atom. The second kappa shape index (κ2) is 6.50. The van der Waals surface area contributed by atoms with Crippen LogP contribution in [0.4, 0.5) is 0 Å². The zero-order chi connectivity index (χ0) is 17.4. The highest BCUT2D eigenvalue weighted by atomic mass is 32.2. The van der Waals surface area contributed by atoms with Crippen LogP contribution in [0.3, 0.4) is 0 Å². The van der Waals surface area contributed by atoms with Gasteiger partial charge in [-0.05, 0) is 29.8 Å². The fourth-order valence-corrected chi connectivity index (χ4v) is 4.52. The zero-order valence-corrected chi connectivity index (χ0v) is 15.5. The molecule has 2 aromatic heterocycles. The molecule has 126 valence electrons. The molecule has 7 heteroatoms. The van der Waals surface area contributed by atoms with Crippen LogP contribution in [0.15, 0.2) is 53.7 Å². The fourth-order valence-electron chi connectivity index (χ4n) is 2.60. The summed E-state index contributed by atoms with van der Waals surface area (Å²) >= 11 is 3.30. The van der Waals surface area contributed by atoms with Crippen LogP contribution in [0, 0.1) is 0 Å². The van der Waals surface area contributed by atoms with Gasteiger partial charge in [-0.25, -0.2) is 0 Å². The SMILES string of the molecule is CN(C)C(=O)c1ccc(CSc2nnc3sc4ccccc4n23)cc1. The van der Waals surface area contributed by atoms with Crippen LogP contribution in [0.25, 0.3) is 15.2 Å². The third-order valence-electron chi connectivity index (χ3n) is 3.89. The molecular formula is C18H16N4OS2. The van der Waals surface area contributed by atoms with Crippen LogP contribution in [-0.4, -0.2) is 39.5 Å². The minimum atomic E-state index is 0.0168. The second-order valence-corrected chi connectivity index (χ2v) is 7.81. The maximum Gasteiger partial charge on any atom is 0.253 e. The molecule has 0 unspecified atom stereocenters. The standard InChI is InChI=1S/C18H16N4OS2/c1-21(2)16(23)13-9-7-12(8-10-13)11-24-17-19-20-18-22(17)14-5-3-4-6-15(14)25-18/h3-10H,11H2,1-2H3. The van der Waals surface area contributed by atoms with Crippen LogP contribution >= 0.6 is 23.1 Å². The highest BCUT2D eigenvalue weighted by Gasteiger charge is 2.13. The quantitative estimate of drug-likeness (QED) is 0.512. The van der Waals surface area contributed by atoms with Gasteiger partial charge in [-0.15, -0.1) is 10.2 Å². The number of thiazole rings is 1. The van der Waals surface area contributed by atoms with Crippen molar-refractivity contribution in [2.45, 2.75) is 10.9 Å². The van der Waals surface area contributed by atoms with Crippen molar-refractivity contribution >= 4 is 44.2 Å². The Hall–Kier alpha value is -2.38. The molecule has 0 bridgehead atoms. The van der Waals surface area contributed by atoms with Crippen molar-refractivity contribution in [1.29, 1.82) is 0 Å². The average molecular weight is 368 g/mol. The molecule has 0 aliphatic rings. The predicted octanol–water partition coefficient (Wildman–Crippen LogP) is 3.94. The molecule has 0 saturated carbocycles. The third-order valence-corrected chi connectivity index (χ3v) is 5.90. The Morgan fingerprint density at radius 1 is 1.12 bits per heavy atom. The lowest BCUT2D eigenvalue weighted by Crippen LogP contribution is -2.21. The average Bonchev–Trinajstić information content (AvgIpc) is 3.19. The van der Waals surface area contributed by atoms with Gasteiger partial charge in [0.25, 0.3) is 5.91 Å². The van der Waals surface area contributed by atoms with Gasteiger partial charge in [0.15, 0.2) is 5.16 Å². The summed E-state index contributed by atoms with van der Waals surface area (Å²) in [6.07, 6.45) is 0. The number of amides is 1. The van der Waals surface area contributed by atoms with E-state index in [4.69, 9.17) is 0 Å². The summed E-state index contributed by atoms with van der Waals surface area (Å²) in [5.41, 5.74) is 2.99. The number of fused-ring (bicyclic) bond motifs is 3. The Bertz CT molecular complexity index is 1050. The van der Waals surface area contributed by atoms with E-state index in [1.807, 2.05) is 36.4 Å². The van der Waals surface area contributed by atoms with Crippen molar-refractivity contribution < 1.29 is 4.79 Å². The Morgan fingerprint density at radius 3 is 2.64 bits per heavy atom.